The van der Waals surface area contributed by atoms with Crippen LogP contribution >= 0.6 is 0 Å². The number of aromatic nitrogens is 1. The van der Waals surface area contributed by atoms with Crippen molar-refractivity contribution in [1.29, 1.82) is 5.26 Å². The quantitative estimate of drug-likeness (QED) is 0.824. The van der Waals surface area contributed by atoms with Crippen LogP contribution in [-0.2, 0) is 17.7 Å². The van der Waals surface area contributed by atoms with Gasteiger partial charge in [0, 0.05) is 12.8 Å². The van der Waals surface area contributed by atoms with Crippen LogP contribution in [0.2, 0.25) is 0 Å². The summed E-state index contributed by atoms with van der Waals surface area (Å²) < 4.78 is 6.80. The van der Waals surface area contributed by atoms with Crippen LogP contribution in [0.15, 0.2) is 34.1 Å². The Morgan fingerprint density at radius 2 is 2.15 bits per heavy atom. The minimum atomic E-state index is -0.493. The first kappa shape index (κ1) is 18.9. The number of aromatic hydroxyl groups is 1. The largest absolute Gasteiger partial charge is 0.494 e. The SMILES string of the molecule is CCc1ccc(N=Cc2c(C)c(C#N)c(=O)n(CC3CCCO3)c2O)cc1. The van der Waals surface area contributed by atoms with Gasteiger partial charge in [0.05, 0.1) is 23.9 Å². The molecule has 2 heterocycles. The highest BCUT2D eigenvalue weighted by Gasteiger charge is 2.22. The van der Waals surface area contributed by atoms with E-state index in [1.54, 1.807) is 6.92 Å². The van der Waals surface area contributed by atoms with Crippen molar-refractivity contribution in [2.75, 3.05) is 6.61 Å². The van der Waals surface area contributed by atoms with Crippen LogP contribution in [0.3, 0.4) is 0 Å². The Bertz CT molecular complexity index is 947. The third-order valence-electron chi connectivity index (χ3n) is 4.94. The fourth-order valence-electron chi connectivity index (χ4n) is 3.24. The molecule has 27 heavy (non-hydrogen) atoms. The van der Waals surface area contributed by atoms with E-state index in [0.29, 0.717) is 17.7 Å². The van der Waals surface area contributed by atoms with Gasteiger partial charge in [-0.2, -0.15) is 5.26 Å². The molecule has 1 aromatic carbocycles. The fraction of sp³-hybridized carbons (Fsp3) is 0.381. The molecule has 0 radical (unpaired) electrons. The number of hydrogen-bond donors (Lipinski definition) is 1. The van der Waals surface area contributed by atoms with Crippen molar-refractivity contribution >= 4 is 11.9 Å². The summed E-state index contributed by atoms with van der Waals surface area (Å²) in [6, 6.07) is 9.76. The first-order valence-corrected chi connectivity index (χ1v) is 9.16. The molecule has 2 aromatic rings. The third kappa shape index (κ3) is 3.93. The maximum absolute atomic E-state index is 12.6. The standard InChI is InChI=1S/C21H23N3O3/c1-3-15-6-8-16(9-7-15)23-12-19-14(2)18(11-22)20(25)24(21(19)26)13-17-5-4-10-27-17/h6-9,12,17,26H,3-5,10,13H2,1-2H3. The number of nitriles is 1. The summed E-state index contributed by atoms with van der Waals surface area (Å²) in [6.07, 6.45) is 4.09. The Kier molecular flexibility index (Phi) is 5.72. The Morgan fingerprint density at radius 3 is 2.74 bits per heavy atom. The second-order valence-corrected chi connectivity index (χ2v) is 6.68. The van der Waals surface area contributed by atoms with E-state index in [-0.39, 0.29) is 24.1 Å². The van der Waals surface area contributed by atoms with Gasteiger partial charge in [0.1, 0.15) is 11.6 Å². The predicted octanol–water partition coefficient (Wildman–Crippen LogP) is 3.23. The lowest BCUT2D eigenvalue weighted by Crippen LogP contribution is -2.29. The Morgan fingerprint density at radius 1 is 1.41 bits per heavy atom. The molecule has 3 rings (SSSR count). The molecule has 0 bridgehead atoms. The summed E-state index contributed by atoms with van der Waals surface area (Å²) in [6.45, 7) is 4.61. The van der Waals surface area contributed by atoms with Gasteiger partial charge in [0.25, 0.3) is 5.56 Å². The van der Waals surface area contributed by atoms with Crippen molar-refractivity contribution in [3.05, 3.63) is 56.9 Å². The summed E-state index contributed by atoms with van der Waals surface area (Å²) in [5.74, 6) is -0.180. The molecule has 1 unspecified atom stereocenters. The van der Waals surface area contributed by atoms with Gasteiger partial charge >= 0.3 is 0 Å². The van der Waals surface area contributed by atoms with E-state index in [9.17, 15) is 15.2 Å². The van der Waals surface area contributed by atoms with Crippen LogP contribution in [0.25, 0.3) is 0 Å². The van der Waals surface area contributed by atoms with Gasteiger partial charge in [-0.3, -0.25) is 14.4 Å². The minimum Gasteiger partial charge on any atom is -0.494 e. The van der Waals surface area contributed by atoms with E-state index in [4.69, 9.17) is 4.74 Å². The van der Waals surface area contributed by atoms with Crippen LogP contribution in [0.1, 0.15) is 42.0 Å². The van der Waals surface area contributed by atoms with Crippen molar-refractivity contribution in [1.82, 2.24) is 4.57 Å². The van der Waals surface area contributed by atoms with Gasteiger partial charge in [-0.1, -0.05) is 19.1 Å². The van der Waals surface area contributed by atoms with E-state index >= 15 is 0 Å². The predicted molar refractivity (Wildman–Crippen MR) is 104 cm³/mol. The van der Waals surface area contributed by atoms with Gasteiger partial charge in [-0.25, -0.2) is 0 Å². The summed E-state index contributed by atoms with van der Waals surface area (Å²) >= 11 is 0. The zero-order chi connectivity index (χ0) is 19.4. The molecule has 0 spiro atoms. The lowest BCUT2D eigenvalue weighted by atomic mass is 10.1. The van der Waals surface area contributed by atoms with E-state index in [1.165, 1.54) is 16.3 Å². The lowest BCUT2D eigenvalue weighted by Gasteiger charge is -2.17. The average Bonchev–Trinajstić information content (AvgIpc) is 3.19. The molecule has 6 heteroatoms. The summed E-state index contributed by atoms with van der Waals surface area (Å²) in [5.41, 5.74) is 2.29. The van der Waals surface area contributed by atoms with Crippen molar-refractivity contribution < 1.29 is 9.84 Å². The second kappa shape index (κ2) is 8.19. The first-order valence-electron chi connectivity index (χ1n) is 9.16. The van der Waals surface area contributed by atoms with E-state index in [2.05, 4.69) is 11.9 Å². The van der Waals surface area contributed by atoms with Crippen molar-refractivity contribution in [2.24, 2.45) is 4.99 Å². The number of pyridine rings is 1. The number of ether oxygens (including phenoxy) is 1. The number of aliphatic imine (C=N–C) groups is 1. The van der Waals surface area contributed by atoms with Crippen LogP contribution < -0.4 is 5.56 Å². The smallest absolute Gasteiger partial charge is 0.271 e. The van der Waals surface area contributed by atoms with Crippen molar-refractivity contribution in [3.8, 4) is 11.9 Å². The van der Waals surface area contributed by atoms with E-state index < -0.39 is 5.56 Å². The second-order valence-electron chi connectivity index (χ2n) is 6.68. The Hall–Kier alpha value is -2.91. The summed E-state index contributed by atoms with van der Waals surface area (Å²) in [7, 11) is 0. The monoisotopic (exact) mass is 365 g/mol. The summed E-state index contributed by atoms with van der Waals surface area (Å²) in [4.78, 5) is 17.0. The lowest BCUT2D eigenvalue weighted by molar-refractivity contribution is 0.0938. The molecule has 0 saturated carbocycles. The zero-order valence-electron chi connectivity index (χ0n) is 15.6. The number of hydrogen-bond acceptors (Lipinski definition) is 5. The van der Waals surface area contributed by atoms with Gasteiger partial charge < -0.3 is 9.84 Å². The van der Waals surface area contributed by atoms with E-state index in [0.717, 1.165) is 24.9 Å². The number of benzene rings is 1. The van der Waals surface area contributed by atoms with Crippen molar-refractivity contribution in [2.45, 2.75) is 45.8 Å². The molecular formula is C21H23N3O3. The average molecular weight is 365 g/mol. The number of rotatable bonds is 5. The molecule has 6 nitrogen and oxygen atoms in total. The van der Waals surface area contributed by atoms with Crippen LogP contribution in [0.4, 0.5) is 5.69 Å². The molecule has 1 N–H and O–H groups in total. The zero-order valence-corrected chi connectivity index (χ0v) is 15.6. The Balaban J connectivity index is 2.01. The van der Waals surface area contributed by atoms with Gasteiger partial charge in [-0.15, -0.1) is 0 Å². The molecule has 1 fully saturated rings. The first-order chi connectivity index (χ1) is 13.0. The molecule has 0 amide bonds. The molecular weight excluding hydrogens is 342 g/mol. The number of aryl methyl sites for hydroxylation is 1. The maximum Gasteiger partial charge on any atom is 0.271 e. The maximum atomic E-state index is 12.6. The normalized spacial score (nSPS) is 16.7. The highest BCUT2D eigenvalue weighted by Crippen LogP contribution is 2.23. The molecule has 140 valence electrons. The topological polar surface area (TPSA) is 87.6 Å². The van der Waals surface area contributed by atoms with Gasteiger partial charge in [0.15, 0.2) is 0 Å². The van der Waals surface area contributed by atoms with Crippen LogP contribution in [0, 0.1) is 18.3 Å². The van der Waals surface area contributed by atoms with Crippen LogP contribution in [-0.4, -0.2) is 28.6 Å². The van der Waals surface area contributed by atoms with Gasteiger partial charge in [-0.05, 0) is 49.4 Å². The Labute approximate surface area is 158 Å². The van der Waals surface area contributed by atoms with Gasteiger partial charge in [0.2, 0.25) is 5.88 Å². The molecule has 0 aliphatic carbocycles. The highest BCUT2D eigenvalue weighted by atomic mass is 16.5. The molecule has 1 aliphatic heterocycles. The van der Waals surface area contributed by atoms with E-state index in [1.807, 2.05) is 30.3 Å². The molecule has 1 aliphatic rings. The molecule has 1 aromatic heterocycles. The van der Waals surface area contributed by atoms with Crippen molar-refractivity contribution in [3.63, 3.8) is 0 Å². The summed E-state index contributed by atoms with van der Waals surface area (Å²) in [5, 5.41) is 20.1. The fourth-order valence-corrected chi connectivity index (χ4v) is 3.24. The minimum absolute atomic E-state index is 0.0218. The third-order valence-corrected chi connectivity index (χ3v) is 4.94. The number of nitrogens with zero attached hydrogens (tertiary/aromatic N) is 3. The molecule has 1 atom stereocenters. The van der Waals surface area contributed by atoms with Crippen LogP contribution in [0.5, 0.6) is 5.88 Å². The highest BCUT2D eigenvalue weighted by molar-refractivity contribution is 5.87. The molecule has 1 saturated heterocycles.